The van der Waals surface area contributed by atoms with Crippen molar-refractivity contribution >= 4 is 70.5 Å². The Morgan fingerprint density at radius 1 is 0.543 bits per heavy atom. The molecule has 444 valence electrons. The summed E-state index contributed by atoms with van der Waals surface area (Å²) in [5.41, 5.74) is 1.52. The van der Waals surface area contributed by atoms with Gasteiger partial charge in [0.2, 0.25) is 5.76 Å². The molecule has 1 fully saturated rings. The third kappa shape index (κ3) is 32.7. The van der Waals surface area contributed by atoms with Crippen LogP contribution in [0.25, 0.3) is 0 Å². The Balaban J connectivity index is -0.000000441. The number of allylic oxidation sites excluding steroid dienone is 11. The third-order valence-corrected chi connectivity index (χ3v) is 11.1. The number of carbonyl (C=O) groups excluding carboxylic acids is 6. The number of carbonyl (C=O) groups is 12. The second kappa shape index (κ2) is 45.1. The molecule has 2 aliphatic carbocycles. The van der Waals surface area contributed by atoms with Crippen LogP contribution in [-0.2, 0) is 67.0 Å². The first kappa shape index (κ1) is 78.7. The number of hydrogen-bond acceptors (Lipinski definition) is 14. The molecular weight excluding hydrogens is 1050 g/mol. The summed E-state index contributed by atoms with van der Waals surface area (Å²) in [7, 11) is 0. The normalized spacial score (nSPS) is 18.1. The summed E-state index contributed by atoms with van der Waals surface area (Å²) >= 11 is 0. The maximum atomic E-state index is 11.4. The van der Waals surface area contributed by atoms with E-state index in [9.17, 15) is 57.5 Å². The van der Waals surface area contributed by atoms with Crippen LogP contribution in [0.4, 0.5) is 0 Å². The smallest absolute Gasteiger partial charge is 0.375 e. The Bertz CT molecular complexity index is 2500. The monoisotopic (exact) mass is 1130 g/mol. The molecule has 0 radical (unpaired) electrons. The van der Waals surface area contributed by atoms with E-state index in [2.05, 4.69) is 23.7 Å². The van der Waals surface area contributed by atoms with Gasteiger partial charge >= 0.3 is 35.8 Å². The number of ketones is 6. The number of aliphatic carboxylic acids is 6. The number of Topliss-reactive ketones (excluding diaryl/α,β-unsaturated/α-hetero) is 5. The van der Waals surface area contributed by atoms with Crippen LogP contribution in [0, 0.1) is 47.4 Å². The topological polar surface area (TPSA) is 345 Å². The van der Waals surface area contributed by atoms with E-state index in [-0.39, 0.29) is 107 Å². The van der Waals surface area contributed by atoms with Crippen LogP contribution in [0.2, 0.25) is 0 Å². The number of hydrogen-bond donors (Lipinski definition) is 6. The van der Waals surface area contributed by atoms with E-state index in [1.165, 1.54) is 41.5 Å². The maximum Gasteiger partial charge on any atom is 0.375 e. The molecule has 0 aromatic rings. The van der Waals surface area contributed by atoms with E-state index in [1.807, 2.05) is 39.8 Å². The van der Waals surface area contributed by atoms with Gasteiger partial charge in [0.15, 0.2) is 28.9 Å². The van der Waals surface area contributed by atoms with Gasteiger partial charge in [-0.3, -0.25) is 33.6 Å². The SMILES string of the molecule is CC.CC#CC/C(C(C)=O)=C(\CC#CC)C(=O)O.CC(=O)/C1=C(\C(=O)O)OC/C=C\CO1.CC(=O)/C=C\C(=O)O.CC(=O)C1C2C=CC(C2)C1C(=O)O.CC/C(C(C)=O)=C(\CC)C(=O)O.CC=CC/C(C(C)=O)=C(\CC=CC)C(=O)O. The van der Waals surface area contributed by atoms with Crippen LogP contribution < -0.4 is 0 Å². The van der Waals surface area contributed by atoms with Crippen molar-refractivity contribution in [2.45, 2.75) is 142 Å². The molecule has 81 heavy (non-hydrogen) atoms. The Morgan fingerprint density at radius 2 is 0.951 bits per heavy atom. The second-order valence-corrected chi connectivity index (χ2v) is 16.8. The van der Waals surface area contributed by atoms with Crippen LogP contribution in [0.3, 0.4) is 0 Å². The van der Waals surface area contributed by atoms with E-state index in [0.29, 0.717) is 30.4 Å². The molecule has 4 unspecified atom stereocenters. The largest absolute Gasteiger partial charge is 0.482 e. The van der Waals surface area contributed by atoms with Crippen molar-refractivity contribution < 1.29 is 97.6 Å². The fourth-order valence-corrected chi connectivity index (χ4v) is 7.42. The van der Waals surface area contributed by atoms with Crippen molar-refractivity contribution in [3.05, 3.63) is 106 Å². The molecular formula is C61H80O20. The molecule has 0 aromatic carbocycles. The van der Waals surface area contributed by atoms with E-state index >= 15 is 0 Å². The zero-order chi connectivity index (χ0) is 63.5. The molecule has 2 bridgehead atoms. The molecule has 1 saturated carbocycles. The van der Waals surface area contributed by atoms with Gasteiger partial charge in [-0.1, -0.05) is 76.0 Å². The van der Waals surface area contributed by atoms with Crippen LogP contribution in [0.5, 0.6) is 0 Å². The summed E-state index contributed by atoms with van der Waals surface area (Å²) in [4.78, 5) is 130. The quantitative estimate of drug-likeness (QED) is 0.0375. The van der Waals surface area contributed by atoms with Gasteiger partial charge in [-0.25, -0.2) is 24.0 Å². The molecule has 1 aliphatic heterocycles. The first-order valence-corrected chi connectivity index (χ1v) is 25.6. The van der Waals surface area contributed by atoms with E-state index in [1.54, 1.807) is 64.2 Å². The summed E-state index contributed by atoms with van der Waals surface area (Å²) in [5, 5.41) is 52.4. The van der Waals surface area contributed by atoms with Crippen molar-refractivity contribution in [3.63, 3.8) is 0 Å². The maximum absolute atomic E-state index is 11.4. The minimum absolute atomic E-state index is 0.0178. The first-order chi connectivity index (χ1) is 38.0. The Hall–Kier alpha value is -8.78. The Labute approximate surface area is 474 Å². The Kier molecular flexibility index (Phi) is 43.8. The van der Waals surface area contributed by atoms with Crippen molar-refractivity contribution in [3.8, 4) is 23.7 Å². The summed E-state index contributed by atoms with van der Waals surface area (Å²) in [6, 6.07) is 0. The molecule has 0 aromatic heterocycles. The molecule has 1 heterocycles. The van der Waals surface area contributed by atoms with Crippen LogP contribution >= 0.6 is 0 Å². The Morgan fingerprint density at radius 3 is 1.23 bits per heavy atom. The lowest BCUT2D eigenvalue weighted by Crippen LogP contribution is -2.31. The highest BCUT2D eigenvalue weighted by molar-refractivity contribution is 6.04. The molecule has 3 rings (SSSR count). The third-order valence-electron chi connectivity index (χ3n) is 11.1. The van der Waals surface area contributed by atoms with Gasteiger partial charge in [0.05, 0.1) is 11.5 Å². The lowest BCUT2D eigenvalue weighted by atomic mass is 9.81. The first-order valence-electron chi connectivity index (χ1n) is 25.6. The second-order valence-electron chi connectivity index (χ2n) is 16.8. The minimum Gasteiger partial charge on any atom is -0.482 e. The highest BCUT2D eigenvalue weighted by atomic mass is 16.5. The molecule has 0 spiro atoms. The molecule has 4 atom stereocenters. The molecule has 0 amide bonds. The van der Waals surface area contributed by atoms with Gasteiger partial charge in [-0.05, 0) is 124 Å². The van der Waals surface area contributed by atoms with E-state index in [4.69, 9.17) is 40.1 Å². The van der Waals surface area contributed by atoms with Crippen molar-refractivity contribution in [1.29, 1.82) is 0 Å². The fraction of sp³-hybridized carbons (Fsp3) is 0.443. The highest BCUT2D eigenvalue weighted by Gasteiger charge is 2.50. The van der Waals surface area contributed by atoms with Gasteiger partial charge in [-0.15, -0.1) is 11.8 Å². The van der Waals surface area contributed by atoms with Crippen molar-refractivity contribution in [1.82, 2.24) is 0 Å². The number of rotatable bonds is 20. The molecule has 20 nitrogen and oxygen atoms in total. The number of carboxylic acids is 6. The predicted molar refractivity (Wildman–Crippen MR) is 303 cm³/mol. The van der Waals surface area contributed by atoms with Crippen LogP contribution in [0.1, 0.15) is 142 Å². The molecule has 6 N–H and O–H groups in total. The summed E-state index contributed by atoms with van der Waals surface area (Å²) in [6.45, 7) is 22.9. The standard InChI is InChI=1S/C13H18O3.C13H14O3.C10H12O3.C9H10O5.C9H14O3.C5H6O3.C2H6/c2*1-4-6-8-11(10(3)14)12(13(15)16)9-7-5-2;1-5(11)8-6-2-3-7(4-6)9(8)10(12)13;1-6(10)7-8(9(11)12)14-5-3-2-4-13-7;1-4-7(6(3)10)8(5-2)9(11)12;1-4(6)2-3-5(7)8;1-2/h4-7H,8-9H2,1-3H3,(H,15,16);8-9H2,1-3H3,(H,15,16);2-3,6-9H,4H2,1H3,(H,12,13);2-3H,4-5H2,1H3,(H,11,12);4-5H2,1-3H3,(H,11,12);2-3H,1H3,(H,7,8);1-2H3/b6-4?,7-5?,12-11-;12-11-;;3-2-,8-7-;8-7-;3-2-;. The van der Waals surface area contributed by atoms with Gasteiger partial charge in [-0.2, -0.15) is 0 Å². The average Bonchev–Trinajstić information content (AvgIpc) is 4.01. The molecule has 3 aliphatic rings. The fourth-order valence-electron chi connectivity index (χ4n) is 7.42. The summed E-state index contributed by atoms with van der Waals surface area (Å²) in [5.74, 6) is 1.86. The zero-order valence-electron chi connectivity index (χ0n) is 48.8. The predicted octanol–water partition coefficient (Wildman–Crippen LogP) is 9.26. The van der Waals surface area contributed by atoms with Crippen LogP contribution in [-0.4, -0.2) is 114 Å². The number of fused-ring (bicyclic) bond motifs is 2. The number of carboxylic acid groups (broad SMARTS) is 6. The van der Waals surface area contributed by atoms with Crippen molar-refractivity contribution in [2.75, 3.05) is 13.2 Å². The van der Waals surface area contributed by atoms with Crippen LogP contribution in [0.15, 0.2) is 106 Å². The average molecular weight is 1130 g/mol. The lowest BCUT2D eigenvalue weighted by Gasteiger charge is -2.21. The number of ether oxygens (including phenoxy) is 2. The molecule has 0 saturated heterocycles. The summed E-state index contributed by atoms with van der Waals surface area (Å²) < 4.78 is 9.82. The van der Waals surface area contributed by atoms with Crippen molar-refractivity contribution in [2.24, 2.45) is 23.7 Å². The summed E-state index contributed by atoms with van der Waals surface area (Å²) in [6.07, 6.45) is 18.8. The highest BCUT2D eigenvalue weighted by Crippen LogP contribution is 2.48. The van der Waals surface area contributed by atoms with Gasteiger partial charge in [0, 0.05) is 59.6 Å². The molecule has 20 heteroatoms. The van der Waals surface area contributed by atoms with E-state index < -0.39 is 53.3 Å². The lowest BCUT2D eigenvalue weighted by molar-refractivity contribution is -0.147. The van der Waals surface area contributed by atoms with Gasteiger partial charge in [0.25, 0.3) is 5.76 Å². The van der Waals surface area contributed by atoms with Gasteiger partial charge in [0.1, 0.15) is 19.0 Å². The minimum atomic E-state index is -1.30. The van der Waals surface area contributed by atoms with E-state index in [0.717, 1.165) is 18.6 Å². The van der Waals surface area contributed by atoms with Gasteiger partial charge < -0.3 is 40.1 Å². The zero-order valence-corrected chi connectivity index (χ0v) is 48.8.